The average Bonchev–Trinajstić information content (AvgIpc) is 3.27. The molecule has 10 nitrogen and oxygen atoms in total. The number of amides is 2. The summed E-state index contributed by atoms with van der Waals surface area (Å²) in [5.41, 5.74) is 2.77. The Hall–Kier alpha value is -3.54. The molecule has 0 saturated heterocycles. The molecule has 0 aliphatic carbocycles. The van der Waals surface area contributed by atoms with E-state index in [1.54, 1.807) is 4.68 Å². The molecule has 0 spiro atoms. The molecule has 39 heavy (non-hydrogen) atoms. The maximum absolute atomic E-state index is 13.5. The number of hydrogen-bond acceptors (Lipinski definition) is 6. The van der Waals surface area contributed by atoms with Crippen LogP contribution in [0.1, 0.15) is 45.4 Å². The van der Waals surface area contributed by atoms with E-state index < -0.39 is 22.5 Å². The zero-order valence-electron chi connectivity index (χ0n) is 23.3. The molecule has 210 valence electrons. The molecule has 0 atom stereocenters. The molecule has 2 amide bonds. The average molecular weight is 556 g/mol. The van der Waals surface area contributed by atoms with Gasteiger partial charge in [0.2, 0.25) is 21.8 Å². The van der Waals surface area contributed by atoms with E-state index in [0.29, 0.717) is 24.5 Å². The first-order chi connectivity index (χ1) is 18.3. The SMILES string of the molecule is COCCCN(CC(=O)Nc1cc(C(C)(C)C)nn1-c1ccccc1C)S(=O)(=O)c1ccc(NC(C)=O)cc1. The highest BCUT2D eigenvalue weighted by Crippen LogP contribution is 2.27. The van der Waals surface area contributed by atoms with Gasteiger partial charge in [0.05, 0.1) is 22.8 Å². The summed E-state index contributed by atoms with van der Waals surface area (Å²) < 4.78 is 34.9. The summed E-state index contributed by atoms with van der Waals surface area (Å²) in [6.45, 7) is 9.45. The molecule has 3 aromatic rings. The van der Waals surface area contributed by atoms with Gasteiger partial charge in [-0.1, -0.05) is 39.0 Å². The number of aromatic nitrogens is 2. The lowest BCUT2D eigenvalue weighted by molar-refractivity contribution is -0.116. The van der Waals surface area contributed by atoms with Crippen LogP contribution in [0.15, 0.2) is 59.5 Å². The first-order valence-electron chi connectivity index (χ1n) is 12.7. The molecule has 0 aliphatic heterocycles. The van der Waals surface area contributed by atoms with Crippen LogP contribution in [0.4, 0.5) is 11.5 Å². The summed E-state index contributed by atoms with van der Waals surface area (Å²) in [5.74, 6) is -0.308. The highest BCUT2D eigenvalue weighted by molar-refractivity contribution is 7.89. The quantitative estimate of drug-likeness (QED) is 0.344. The Kier molecular flexibility index (Phi) is 9.65. The van der Waals surface area contributed by atoms with E-state index >= 15 is 0 Å². The number of ether oxygens (including phenoxy) is 1. The minimum absolute atomic E-state index is 0.0155. The number of sulfonamides is 1. The van der Waals surface area contributed by atoms with Crippen LogP contribution in [0, 0.1) is 6.92 Å². The summed E-state index contributed by atoms with van der Waals surface area (Å²) in [5, 5.41) is 10.2. The number of methoxy groups -OCH3 is 1. The van der Waals surface area contributed by atoms with Gasteiger partial charge in [-0.05, 0) is 49.2 Å². The lowest BCUT2D eigenvalue weighted by Crippen LogP contribution is -2.39. The van der Waals surface area contributed by atoms with Gasteiger partial charge in [-0.2, -0.15) is 9.40 Å². The normalized spacial score (nSPS) is 12.0. The molecule has 2 aromatic carbocycles. The van der Waals surface area contributed by atoms with Crippen molar-refractivity contribution in [1.29, 1.82) is 0 Å². The maximum Gasteiger partial charge on any atom is 0.243 e. The summed E-state index contributed by atoms with van der Waals surface area (Å²) >= 11 is 0. The van der Waals surface area contributed by atoms with Crippen molar-refractivity contribution >= 4 is 33.3 Å². The Morgan fingerprint density at radius 3 is 2.31 bits per heavy atom. The molecule has 3 rings (SSSR count). The molecule has 0 radical (unpaired) electrons. The van der Waals surface area contributed by atoms with Crippen LogP contribution >= 0.6 is 0 Å². The first kappa shape index (κ1) is 30.0. The summed E-state index contributed by atoms with van der Waals surface area (Å²) in [7, 11) is -2.49. The van der Waals surface area contributed by atoms with Crippen LogP contribution in [0.2, 0.25) is 0 Å². The van der Waals surface area contributed by atoms with E-state index in [4.69, 9.17) is 9.84 Å². The lowest BCUT2D eigenvalue weighted by Gasteiger charge is -2.22. The third-order valence-corrected chi connectivity index (χ3v) is 7.84. The minimum Gasteiger partial charge on any atom is -0.385 e. The number of rotatable bonds is 11. The van der Waals surface area contributed by atoms with Crippen molar-refractivity contribution in [3.8, 4) is 5.69 Å². The largest absolute Gasteiger partial charge is 0.385 e. The smallest absolute Gasteiger partial charge is 0.243 e. The van der Waals surface area contributed by atoms with Crippen LogP contribution in [0.5, 0.6) is 0 Å². The molecule has 0 unspecified atom stereocenters. The van der Waals surface area contributed by atoms with Crippen LogP contribution in [-0.2, 0) is 29.8 Å². The number of para-hydroxylation sites is 1. The number of anilines is 2. The number of hydrogen-bond donors (Lipinski definition) is 2. The fourth-order valence-corrected chi connectivity index (χ4v) is 5.33. The van der Waals surface area contributed by atoms with E-state index in [1.165, 1.54) is 38.3 Å². The number of aryl methyl sites for hydroxylation is 1. The number of carbonyl (C=O) groups is 2. The third kappa shape index (κ3) is 7.75. The monoisotopic (exact) mass is 555 g/mol. The van der Waals surface area contributed by atoms with Crippen molar-refractivity contribution in [2.24, 2.45) is 0 Å². The Morgan fingerprint density at radius 2 is 1.72 bits per heavy atom. The second-order valence-electron chi connectivity index (χ2n) is 10.3. The lowest BCUT2D eigenvalue weighted by atomic mass is 9.92. The molecule has 0 aliphatic rings. The summed E-state index contributed by atoms with van der Waals surface area (Å²) in [6.07, 6.45) is 0.405. The molecule has 0 fully saturated rings. The predicted octanol–water partition coefficient (Wildman–Crippen LogP) is 4.10. The van der Waals surface area contributed by atoms with E-state index in [9.17, 15) is 18.0 Å². The van der Waals surface area contributed by atoms with Gasteiger partial charge in [0.25, 0.3) is 0 Å². The number of nitrogens with zero attached hydrogens (tertiary/aromatic N) is 3. The van der Waals surface area contributed by atoms with Gasteiger partial charge < -0.3 is 15.4 Å². The van der Waals surface area contributed by atoms with Crippen molar-refractivity contribution in [1.82, 2.24) is 14.1 Å². The Bertz CT molecular complexity index is 1410. The molecule has 2 N–H and O–H groups in total. The van der Waals surface area contributed by atoms with Crippen molar-refractivity contribution in [2.45, 2.75) is 51.3 Å². The molecule has 1 heterocycles. The van der Waals surface area contributed by atoms with Crippen LogP contribution < -0.4 is 10.6 Å². The minimum atomic E-state index is -4.02. The van der Waals surface area contributed by atoms with Crippen molar-refractivity contribution < 1.29 is 22.7 Å². The van der Waals surface area contributed by atoms with Gasteiger partial charge in [0, 0.05) is 44.4 Å². The fraction of sp³-hybridized carbons (Fsp3) is 0.393. The second-order valence-corrected chi connectivity index (χ2v) is 12.2. The van der Waals surface area contributed by atoms with Gasteiger partial charge in [-0.25, -0.2) is 13.1 Å². The van der Waals surface area contributed by atoms with Crippen LogP contribution in [-0.4, -0.2) is 61.1 Å². The zero-order chi connectivity index (χ0) is 28.8. The standard InChI is InChI=1S/C28H37N5O5S/c1-20-10-7-8-11-24(20)33-26(18-25(31-33)28(3,4)5)30-27(35)19-32(16-9-17-38-6)39(36,37)23-14-12-22(13-15-23)29-21(2)34/h7-8,10-15,18H,9,16-17,19H2,1-6H3,(H,29,34)(H,30,35). The van der Waals surface area contributed by atoms with E-state index in [2.05, 4.69) is 10.6 Å². The maximum atomic E-state index is 13.5. The van der Waals surface area contributed by atoms with Crippen molar-refractivity contribution in [2.75, 3.05) is 37.4 Å². The van der Waals surface area contributed by atoms with Gasteiger partial charge in [-0.15, -0.1) is 0 Å². The predicted molar refractivity (Wildman–Crippen MR) is 152 cm³/mol. The number of benzene rings is 2. The van der Waals surface area contributed by atoms with Gasteiger partial charge in [-0.3, -0.25) is 9.59 Å². The van der Waals surface area contributed by atoms with Crippen molar-refractivity contribution in [3.05, 3.63) is 65.9 Å². The topological polar surface area (TPSA) is 123 Å². The van der Waals surface area contributed by atoms with Crippen LogP contribution in [0.25, 0.3) is 5.69 Å². The summed E-state index contributed by atoms with van der Waals surface area (Å²) in [6, 6.07) is 15.3. The van der Waals surface area contributed by atoms with Gasteiger partial charge in [0.1, 0.15) is 5.82 Å². The fourth-order valence-electron chi connectivity index (χ4n) is 3.90. The molecular formula is C28H37N5O5S. The van der Waals surface area contributed by atoms with Crippen molar-refractivity contribution in [3.63, 3.8) is 0 Å². The Balaban J connectivity index is 1.90. The van der Waals surface area contributed by atoms with E-state index in [0.717, 1.165) is 21.2 Å². The summed E-state index contributed by atoms with van der Waals surface area (Å²) in [4.78, 5) is 24.6. The molecule has 0 bridgehead atoms. The molecule has 1 aromatic heterocycles. The number of nitrogens with one attached hydrogen (secondary N) is 2. The Labute approximate surface area is 230 Å². The zero-order valence-corrected chi connectivity index (χ0v) is 24.1. The highest BCUT2D eigenvalue weighted by Gasteiger charge is 2.28. The van der Waals surface area contributed by atoms with Gasteiger partial charge in [0.15, 0.2) is 0 Å². The van der Waals surface area contributed by atoms with E-state index in [-0.39, 0.29) is 22.8 Å². The third-order valence-electron chi connectivity index (χ3n) is 5.98. The van der Waals surface area contributed by atoms with Crippen LogP contribution in [0.3, 0.4) is 0 Å². The molecular weight excluding hydrogens is 518 g/mol. The molecule has 0 saturated carbocycles. The first-order valence-corrected chi connectivity index (χ1v) is 14.1. The Morgan fingerprint density at radius 1 is 1.05 bits per heavy atom. The van der Waals surface area contributed by atoms with Gasteiger partial charge >= 0.3 is 0 Å². The second kappa shape index (κ2) is 12.5. The highest BCUT2D eigenvalue weighted by atomic mass is 32.2. The molecule has 11 heteroatoms. The number of carbonyl (C=O) groups excluding carboxylic acids is 2. The van der Waals surface area contributed by atoms with E-state index in [1.807, 2.05) is 58.0 Å².